The number of benzene rings is 2. The van der Waals surface area contributed by atoms with Crippen LogP contribution in [-0.2, 0) is 6.54 Å². The summed E-state index contributed by atoms with van der Waals surface area (Å²) in [4.78, 5) is 2.45. The summed E-state index contributed by atoms with van der Waals surface area (Å²) < 4.78 is 5.45. The number of hydrogen-bond acceptors (Lipinski definition) is 3. The van der Waals surface area contributed by atoms with E-state index in [4.69, 9.17) is 10.5 Å². The van der Waals surface area contributed by atoms with Crippen molar-refractivity contribution in [3.8, 4) is 5.75 Å². The summed E-state index contributed by atoms with van der Waals surface area (Å²) >= 11 is 0. The van der Waals surface area contributed by atoms with E-state index in [9.17, 15) is 0 Å². The molecule has 0 radical (unpaired) electrons. The van der Waals surface area contributed by atoms with Gasteiger partial charge in [-0.2, -0.15) is 0 Å². The molecule has 1 saturated heterocycles. The van der Waals surface area contributed by atoms with Crippen LogP contribution in [0.25, 0.3) is 10.8 Å². The first-order valence-corrected chi connectivity index (χ1v) is 7.21. The van der Waals surface area contributed by atoms with Crippen molar-refractivity contribution in [1.29, 1.82) is 0 Å². The Hall–Kier alpha value is -1.58. The lowest BCUT2D eigenvalue weighted by atomic mass is 10.0. The van der Waals surface area contributed by atoms with Crippen LogP contribution in [0, 0.1) is 5.92 Å². The van der Waals surface area contributed by atoms with Crippen molar-refractivity contribution in [3.05, 3.63) is 42.0 Å². The number of rotatable bonds is 3. The number of methoxy groups -OCH3 is 1. The van der Waals surface area contributed by atoms with Crippen molar-refractivity contribution >= 4 is 10.8 Å². The van der Waals surface area contributed by atoms with Gasteiger partial charge in [0.05, 0.1) is 7.11 Å². The summed E-state index contributed by atoms with van der Waals surface area (Å²) in [5.41, 5.74) is 7.47. The molecule has 0 bridgehead atoms. The molecule has 1 aliphatic heterocycles. The molecule has 0 aliphatic carbocycles. The van der Waals surface area contributed by atoms with Crippen LogP contribution >= 0.6 is 0 Å². The van der Waals surface area contributed by atoms with Crippen molar-refractivity contribution in [2.24, 2.45) is 11.7 Å². The zero-order valence-electron chi connectivity index (χ0n) is 12.2. The highest BCUT2D eigenvalue weighted by molar-refractivity contribution is 5.91. The first-order valence-electron chi connectivity index (χ1n) is 7.21. The maximum Gasteiger partial charge on any atom is 0.126 e. The first kappa shape index (κ1) is 13.4. The molecule has 106 valence electrons. The quantitative estimate of drug-likeness (QED) is 0.932. The summed E-state index contributed by atoms with van der Waals surface area (Å²) in [6.45, 7) is 5.27. The Labute approximate surface area is 120 Å². The highest BCUT2D eigenvalue weighted by atomic mass is 16.5. The minimum Gasteiger partial charge on any atom is -0.496 e. The molecule has 3 heteroatoms. The summed E-state index contributed by atoms with van der Waals surface area (Å²) in [5, 5.41) is 2.46. The van der Waals surface area contributed by atoms with Crippen LogP contribution in [-0.4, -0.2) is 31.1 Å². The van der Waals surface area contributed by atoms with E-state index in [1.165, 1.54) is 16.3 Å². The van der Waals surface area contributed by atoms with Crippen molar-refractivity contribution in [3.63, 3.8) is 0 Å². The zero-order chi connectivity index (χ0) is 14.1. The molecule has 0 saturated carbocycles. The van der Waals surface area contributed by atoms with Crippen molar-refractivity contribution in [2.45, 2.75) is 19.5 Å². The summed E-state index contributed by atoms with van der Waals surface area (Å²) in [6.07, 6.45) is 0. The SMILES string of the molecule is COc1ccc(CN2CC(C)C(N)C2)c2ccccc12. The molecule has 1 heterocycles. The molecule has 0 aromatic heterocycles. The molecule has 1 aliphatic rings. The highest BCUT2D eigenvalue weighted by Gasteiger charge is 2.26. The lowest BCUT2D eigenvalue weighted by molar-refractivity contribution is 0.320. The molecule has 20 heavy (non-hydrogen) atoms. The van der Waals surface area contributed by atoms with Gasteiger partial charge in [0.2, 0.25) is 0 Å². The number of likely N-dealkylation sites (tertiary alicyclic amines) is 1. The van der Waals surface area contributed by atoms with E-state index in [1.54, 1.807) is 7.11 Å². The van der Waals surface area contributed by atoms with Crippen molar-refractivity contribution in [1.82, 2.24) is 4.90 Å². The third-order valence-corrected chi connectivity index (χ3v) is 4.33. The fraction of sp³-hybridized carbons (Fsp3) is 0.412. The molecule has 2 aromatic carbocycles. The van der Waals surface area contributed by atoms with Crippen LogP contribution in [0.1, 0.15) is 12.5 Å². The predicted octanol–water partition coefficient (Wildman–Crippen LogP) is 2.63. The molecule has 2 N–H and O–H groups in total. The fourth-order valence-electron chi connectivity index (χ4n) is 3.11. The van der Waals surface area contributed by atoms with Gasteiger partial charge in [-0.15, -0.1) is 0 Å². The Morgan fingerprint density at radius 1 is 1.15 bits per heavy atom. The summed E-state index contributed by atoms with van der Waals surface area (Å²) in [6, 6.07) is 13.0. The molecule has 2 aromatic rings. The molecule has 3 rings (SSSR count). The number of hydrogen-bond donors (Lipinski definition) is 1. The Balaban J connectivity index is 1.93. The van der Waals surface area contributed by atoms with E-state index >= 15 is 0 Å². The van der Waals surface area contributed by atoms with E-state index in [0.29, 0.717) is 12.0 Å². The van der Waals surface area contributed by atoms with Gasteiger partial charge in [0.15, 0.2) is 0 Å². The van der Waals surface area contributed by atoms with Crippen molar-refractivity contribution in [2.75, 3.05) is 20.2 Å². The van der Waals surface area contributed by atoms with Gasteiger partial charge in [-0.1, -0.05) is 37.3 Å². The van der Waals surface area contributed by atoms with Gasteiger partial charge >= 0.3 is 0 Å². The van der Waals surface area contributed by atoms with Gasteiger partial charge < -0.3 is 10.5 Å². The Morgan fingerprint density at radius 2 is 1.90 bits per heavy atom. The third kappa shape index (κ3) is 2.39. The lowest BCUT2D eigenvalue weighted by Gasteiger charge is -2.17. The van der Waals surface area contributed by atoms with Gasteiger partial charge in [0.25, 0.3) is 0 Å². The largest absolute Gasteiger partial charge is 0.496 e. The summed E-state index contributed by atoms with van der Waals surface area (Å²) in [7, 11) is 1.72. The van der Waals surface area contributed by atoms with Gasteiger partial charge in [0, 0.05) is 31.1 Å². The Morgan fingerprint density at radius 3 is 2.55 bits per heavy atom. The van der Waals surface area contributed by atoms with Gasteiger partial charge in [0.1, 0.15) is 5.75 Å². The van der Waals surface area contributed by atoms with E-state index < -0.39 is 0 Å². The molecular formula is C17H22N2O. The van der Waals surface area contributed by atoms with E-state index in [0.717, 1.165) is 25.4 Å². The first-order chi connectivity index (χ1) is 9.69. The number of nitrogens with two attached hydrogens (primary N) is 1. The van der Waals surface area contributed by atoms with Crippen LogP contribution in [0.2, 0.25) is 0 Å². The van der Waals surface area contributed by atoms with Crippen LogP contribution < -0.4 is 10.5 Å². The van der Waals surface area contributed by atoms with Crippen LogP contribution in [0.5, 0.6) is 5.75 Å². The highest BCUT2D eigenvalue weighted by Crippen LogP contribution is 2.29. The van der Waals surface area contributed by atoms with E-state index in [1.807, 2.05) is 0 Å². The molecule has 2 unspecified atom stereocenters. The normalized spacial score (nSPS) is 23.4. The van der Waals surface area contributed by atoms with Gasteiger partial charge in [-0.05, 0) is 22.9 Å². The van der Waals surface area contributed by atoms with Gasteiger partial charge in [-0.25, -0.2) is 0 Å². The number of fused-ring (bicyclic) bond motifs is 1. The van der Waals surface area contributed by atoms with Crippen molar-refractivity contribution < 1.29 is 4.74 Å². The number of ether oxygens (including phenoxy) is 1. The van der Waals surface area contributed by atoms with Crippen LogP contribution in [0.4, 0.5) is 0 Å². The topological polar surface area (TPSA) is 38.5 Å². The van der Waals surface area contributed by atoms with E-state index in [-0.39, 0.29) is 0 Å². The Kier molecular flexibility index (Phi) is 3.64. The second-order valence-corrected chi connectivity index (χ2v) is 5.81. The zero-order valence-corrected chi connectivity index (χ0v) is 12.2. The second-order valence-electron chi connectivity index (χ2n) is 5.81. The number of nitrogens with zero attached hydrogens (tertiary/aromatic N) is 1. The monoisotopic (exact) mass is 270 g/mol. The lowest BCUT2D eigenvalue weighted by Crippen LogP contribution is -2.28. The molecule has 0 spiro atoms. The van der Waals surface area contributed by atoms with Crippen LogP contribution in [0.3, 0.4) is 0 Å². The minimum absolute atomic E-state index is 0.305. The van der Waals surface area contributed by atoms with Crippen LogP contribution in [0.15, 0.2) is 36.4 Å². The maximum absolute atomic E-state index is 6.12. The molecule has 0 amide bonds. The van der Waals surface area contributed by atoms with Gasteiger partial charge in [-0.3, -0.25) is 4.90 Å². The predicted molar refractivity (Wildman–Crippen MR) is 82.9 cm³/mol. The Bertz CT molecular complexity index is 601. The third-order valence-electron chi connectivity index (χ3n) is 4.33. The molecular weight excluding hydrogens is 248 g/mol. The fourth-order valence-corrected chi connectivity index (χ4v) is 3.11. The maximum atomic E-state index is 6.12. The summed E-state index contributed by atoms with van der Waals surface area (Å²) in [5.74, 6) is 1.52. The molecule has 1 fully saturated rings. The minimum atomic E-state index is 0.305. The average Bonchev–Trinajstić information content (AvgIpc) is 2.78. The molecule has 2 atom stereocenters. The molecule has 3 nitrogen and oxygen atoms in total. The standard InChI is InChI=1S/C17H22N2O/c1-12-9-19(11-16(12)18)10-13-7-8-17(20-2)15-6-4-3-5-14(13)15/h3-8,12,16H,9-11,18H2,1-2H3. The van der Waals surface area contributed by atoms with E-state index in [2.05, 4.69) is 48.2 Å². The average molecular weight is 270 g/mol. The second kappa shape index (κ2) is 5.43. The smallest absolute Gasteiger partial charge is 0.126 e.